The van der Waals surface area contributed by atoms with Gasteiger partial charge in [-0.05, 0) is 20.3 Å². The Balaban J connectivity index is 3.70. The monoisotopic (exact) mass is 181 g/mol. The van der Waals surface area contributed by atoms with E-state index >= 15 is 0 Å². The van der Waals surface area contributed by atoms with Gasteiger partial charge >= 0.3 is 0 Å². The van der Waals surface area contributed by atoms with Gasteiger partial charge in [0.25, 0.3) is 6.43 Å². The maximum atomic E-state index is 12.0. The van der Waals surface area contributed by atoms with Crippen LogP contribution in [0.1, 0.15) is 20.3 Å². The van der Waals surface area contributed by atoms with E-state index < -0.39 is 6.43 Å². The second kappa shape index (κ2) is 6.31. The lowest BCUT2D eigenvalue weighted by Crippen LogP contribution is -2.36. The highest BCUT2D eigenvalue weighted by molar-refractivity contribution is 4.63. The quantitative estimate of drug-likeness (QED) is 0.668. The Kier molecular flexibility index (Phi) is 6.20. The summed E-state index contributed by atoms with van der Waals surface area (Å²) in [7, 11) is 0. The van der Waals surface area contributed by atoms with Gasteiger partial charge in [0, 0.05) is 19.2 Å². The predicted molar refractivity (Wildman–Crippen MR) is 44.4 cm³/mol. The fourth-order valence-electron chi connectivity index (χ4n) is 1.01. The maximum absolute atomic E-state index is 12.0. The van der Waals surface area contributed by atoms with Crippen LogP contribution in [0.4, 0.5) is 8.78 Å². The smallest absolute Gasteiger partial charge is 0.251 e. The van der Waals surface area contributed by atoms with Crippen LogP contribution in [0, 0.1) is 0 Å². The Morgan fingerprint density at radius 2 is 1.92 bits per heavy atom. The average Bonchev–Trinajstić information content (AvgIpc) is 1.96. The SMILES string of the molecule is CC(C)N(CCCO)CC(F)F. The predicted octanol–water partition coefficient (Wildman–Crippen LogP) is 1.34. The van der Waals surface area contributed by atoms with Crippen LogP contribution in [-0.2, 0) is 0 Å². The van der Waals surface area contributed by atoms with Crippen molar-refractivity contribution in [3.8, 4) is 0 Å². The summed E-state index contributed by atoms with van der Waals surface area (Å²) < 4.78 is 23.9. The number of halogens is 2. The molecule has 0 aliphatic rings. The Labute approximate surface area is 72.2 Å². The fourth-order valence-corrected chi connectivity index (χ4v) is 1.01. The zero-order valence-corrected chi connectivity index (χ0v) is 7.63. The molecule has 2 nitrogen and oxygen atoms in total. The van der Waals surface area contributed by atoms with Crippen molar-refractivity contribution in [2.45, 2.75) is 32.7 Å². The van der Waals surface area contributed by atoms with Crippen molar-refractivity contribution < 1.29 is 13.9 Å². The highest BCUT2D eigenvalue weighted by Crippen LogP contribution is 2.04. The number of hydrogen-bond donors (Lipinski definition) is 1. The summed E-state index contributed by atoms with van der Waals surface area (Å²) in [6.45, 7) is 4.15. The number of hydrogen-bond acceptors (Lipinski definition) is 2. The third kappa shape index (κ3) is 5.43. The molecular formula is C8H17F2NO. The molecule has 0 heterocycles. The van der Waals surface area contributed by atoms with Crippen molar-refractivity contribution in [1.82, 2.24) is 4.90 Å². The molecule has 0 unspecified atom stereocenters. The molecule has 12 heavy (non-hydrogen) atoms. The molecule has 0 aromatic carbocycles. The van der Waals surface area contributed by atoms with Gasteiger partial charge in [-0.2, -0.15) is 0 Å². The van der Waals surface area contributed by atoms with Crippen molar-refractivity contribution in [2.75, 3.05) is 19.7 Å². The van der Waals surface area contributed by atoms with Crippen LogP contribution in [0.5, 0.6) is 0 Å². The molecule has 0 radical (unpaired) electrons. The van der Waals surface area contributed by atoms with Crippen molar-refractivity contribution in [1.29, 1.82) is 0 Å². The number of rotatable bonds is 6. The lowest BCUT2D eigenvalue weighted by atomic mass is 10.3. The van der Waals surface area contributed by atoms with Gasteiger partial charge in [-0.15, -0.1) is 0 Å². The molecule has 74 valence electrons. The standard InChI is InChI=1S/C8H17F2NO/c1-7(2)11(4-3-5-12)6-8(9)10/h7-8,12H,3-6H2,1-2H3. The summed E-state index contributed by atoms with van der Waals surface area (Å²) in [4.78, 5) is 1.67. The van der Waals surface area contributed by atoms with Crippen LogP contribution in [0.2, 0.25) is 0 Å². The van der Waals surface area contributed by atoms with Crippen molar-refractivity contribution in [2.24, 2.45) is 0 Å². The molecular weight excluding hydrogens is 164 g/mol. The van der Waals surface area contributed by atoms with E-state index in [1.54, 1.807) is 4.90 Å². The summed E-state index contributed by atoms with van der Waals surface area (Å²) in [5.41, 5.74) is 0. The number of aliphatic hydroxyl groups excluding tert-OH is 1. The van der Waals surface area contributed by atoms with Gasteiger partial charge in [0.1, 0.15) is 0 Å². The van der Waals surface area contributed by atoms with E-state index in [4.69, 9.17) is 5.11 Å². The maximum Gasteiger partial charge on any atom is 0.251 e. The van der Waals surface area contributed by atoms with Crippen molar-refractivity contribution in [3.05, 3.63) is 0 Å². The number of nitrogens with zero attached hydrogens (tertiary/aromatic N) is 1. The van der Waals surface area contributed by atoms with E-state index in [1.807, 2.05) is 13.8 Å². The van der Waals surface area contributed by atoms with E-state index in [-0.39, 0.29) is 19.2 Å². The molecule has 0 rings (SSSR count). The molecule has 0 atom stereocenters. The highest BCUT2D eigenvalue weighted by atomic mass is 19.3. The lowest BCUT2D eigenvalue weighted by molar-refractivity contribution is 0.0693. The molecule has 0 saturated heterocycles. The minimum atomic E-state index is -2.29. The molecule has 0 aromatic heterocycles. The van der Waals surface area contributed by atoms with Gasteiger partial charge in [-0.1, -0.05) is 0 Å². The molecule has 0 aromatic rings. The first-order chi connectivity index (χ1) is 5.57. The summed E-state index contributed by atoms with van der Waals surface area (Å²) in [5.74, 6) is 0. The second-order valence-electron chi connectivity index (χ2n) is 3.06. The van der Waals surface area contributed by atoms with E-state index in [2.05, 4.69) is 0 Å². The first kappa shape index (κ1) is 11.8. The first-order valence-electron chi connectivity index (χ1n) is 4.21. The van der Waals surface area contributed by atoms with Crippen molar-refractivity contribution >= 4 is 0 Å². The zero-order chi connectivity index (χ0) is 9.56. The van der Waals surface area contributed by atoms with Crippen LogP contribution in [0.15, 0.2) is 0 Å². The molecule has 4 heteroatoms. The van der Waals surface area contributed by atoms with Gasteiger partial charge in [0.05, 0.1) is 6.54 Å². The Bertz CT molecular complexity index is 109. The Morgan fingerprint density at radius 3 is 2.25 bits per heavy atom. The second-order valence-corrected chi connectivity index (χ2v) is 3.06. The largest absolute Gasteiger partial charge is 0.396 e. The lowest BCUT2D eigenvalue weighted by Gasteiger charge is -2.25. The summed E-state index contributed by atoms with van der Waals surface area (Å²) in [5, 5.41) is 8.52. The zero-order valence-electron chi connectivity index (χ0n) is 7.63. The van der Waals surface area contributed by atoms with Crippen LogP contribution >= 0.6 is 0 Å². The van der Waals surface area contributed by atoms with E-state index in [9.17, 15) is 8.78 Å². The van der Waals surface area contributed by atoms with Gasteiger partial charge in [0.15, 0.2) is 0 Å². The third-order valence-electron chi connectivity index (χ3n) is 1.71. The van der Waals surface area contributed by atoms with Gasteiger partial charge in [0.2, 0.25) is 0 Å². The Hall–Kier alpha value is -0.220. The van der Waals surface area contributed by atoms with Gasteiger partial charge < -0.3 is 5.11 Å². The van der Waals surface area contributed by atoms with Crippen molar-refractivity contribution in [3.63, 3.8) is 0 Å². The minimum absolute atomic E-state index is 0.0620. The van der Waals surface area contributed by atoms with E-state index in [1.165, 1.54) is 0 Å². The molecule has 0 bridgehead atoms. The average molecular weight is 181 g/mol. The molecule has 0 aliphatic heterocycles. The molecule has 0 spiro atoms. The van der Waals surface area contributed by atoms with E-state index in [0.29, 0.717) is 13.0 Å². The summed E-state index contributed by atoms with van der Waals surface area (Å²) >= 11 is 0. The molecule has 1 N–H and O–H groups in total. The van der Waals surface area contributed by atoms with Crippen LogP contribution in [-0.4, -0.2) is 42.2 Å². The fraction of sp³-hybridized carbons (Fsp3) is 1.00. The first-order valence-corrected chi connectivity index (χ1v) is 4.21. The molecule has 0 aliphatic carbocycles. The third-order valence-corrected chi connectivity index (χ3v) is 1.71. The molecule has 0 amide bonds. The topological polar surface area (TPSA) is 23.5 Å². The van der Waals surface area contributed by atoms with Crippen LogP contribution < -0.4 is 0 Å². The molecule has 0 fully saturated rings. The van der Waals surface area contributed by atoms with Gasteiger partial charge in [-0.3, -0.25) is 4.90 Å². The highest BCUT2D eigenvalue weighted by Gasteiger charge is 2.13. The van der Waals surface area contributed by atoms with Gasteiger partial charge in [-0.25, -0.2) is 8.78 Å². The summed E-state index contributed by atoms with van der Waals surface area (Å²) in [6.07, 6.45) is -1.73. The minimum Gasteiger partial charge on any atom is -0.396 e. The number of alkyl halides is 2. The van der Waals surface area contributed by atoms with Crippen LogP contribution in [0.3, 0.4) is 0 Å². The summed E-state index contributed by atoms with van der Waals surface area (Å²) in [6, 6.07) is 0.116. The normalized spacial score (nSPS) is 12.0. The van der Waals surface area contributed by atoms with E-state index in [0.717, 1.165) is 0 Å². The molecule has 0 saturated carbocycles. The Morgan fingerprint density at radius 1 is 1.33 bits per heavy atom. The van der Waals surface area contributed by atoms with Crippen LogP contribution in [0.25, 0.3) is 0 Å². The number of aliphatic hydroxyl groups is 1.